The summed E-state index contributed by atoms with van der Waals surface area (Å²) in [5.74, 6) is -0.472. The molecular formula is C24H27N4O2+. The lowest BCUT2D eigenvalue weighted by molar-refractivity contribution is -0.900. The van der Waals surface area contributed by atoms with Crippen molar-refractivity contribution in [1.82, 2.24) is 10.9 Å². The van der Waals surface area contributed by atoms with E-state index in [4.69, 9.17) is 0 Å². The number of nitrogens with one attached hydrogen (secondary N) is 3. The van der Waals surface area contributed by atoms with Gasteiger partial charge in [0.2, 0.25) is 5.91 Å². The van der Waals surface area contributed by atoms with Crippen LogP contribution in [0.25, 0.3) is 10.8 Å². The highest BCUT2D eigenvalue weighted by atomic mass is 16.2. The maximum absolute atomic E-state index is 12.3. The SMILES string of the molecule is O=C(CC[NH+]1CCN(c2ccccc2)CC1)NNC(=O)c1ccc2ccccc2c1. The summed E-state index contributed by atoms with van der Waals surface area (Å²) in [6.45, 7) is 4.75. The summed E-state index contributed by atoms with van der Waals surface area (Å²) in [6, 6.07) is 23.8. The molecule has 3 N–H and O–H groups in total. The maximum Gasteiger partial charge on any atom is 0.269 e. The number of anilines is 1. The molecule has 1 heterocycles. The van der Waals surface area contributed by atoms with Crippen LogP contribution in [0.3, 0.4) is 0 Å². The summed E-state index contributed by atoms with van der Waals surface area (Å²) in [7, 11) is 0. The number of carbonyl (C=O) groups is 2. The number of hydrogen-bond donors (Lipinski definition) is 3. The summed E-state index contributed by atoms with van der Waals surface area (Å²) >= 11 is 0. The van der Waals surface area contributed by atoms with Crippen molar-refractivity contribution in [1.29, 1.82) is 0 Å². The van der Waals surface area contributed by atoms with E-state index in [0.717, 1.165) is 43.5 Å². The highest BCUT2D eigenvalue weighted by molar-refractivity contribution is 5.99. The molecule has 0 atom stereocenters. The van der Waals surface area contributed by atoms with Gasteiger partial charge in [-0.3, -0.25) is 20.4 Å². The van der Waals surface area contributed by atoms with Crippen LogP contribution >= 0.6 is 0 Å². The minimum Gasteiger partial charge on any atom is -0.360 e. The number of para-hydroxylation sites is 1. The van der Waals surface area contributed by atoms with Crippen molar-refractivity contribution in [3.63, 3.8) is 0 Å². The van der Waals surface area contributed by atoms with Crippen LogP contribution in [-0.2, 0) is 4.79 Å². The van der Waals surface area contributed by atoms with Crippen LogP contribution in [0.2, 0.25) is 0 Å². The minimum atomic E-state index is -0.307. The summed E-state index contributed by atoms with van der Waals surface area (Å²) in [6.07, 6.45) is 0.388. The first-order valence-corrected chi connectivity index (χ1v) is 10.4. The molecule has 0 aromatic heterocycles. The Balaban J connectivity index is 1.19. The molecule has 0 aliphatic carbocycles. The molecule has 0 spiro atoms. The molecule has 6 heteroatoms. The van der Waals surface area contributed by atoms with Crippen molar-refractivity contribution in [2.75, 3.05) is 37.6 Å². The molecule has 1 saturated heterocycles. The Morgan fingerprint density at radius 2 is 1.53 bits per heavy atom. The van der Waals surface area contributed by atoms with Crippen molar-refractivity contribution in [3.05, 3.63) is 78.4 Å². The topological polar surface area (TPSA) is 65.9 Å². The normalized spacial score (nSPS) is 14.5. The predicted molar refractivity (Wildman–Crippen MR) is 118 cm³/mol. The van der Waals surface area contributed by atoms with E-state index >= 15 is 0 Å². The number of benzene rings is 3. The fourth-order valence-electron chi connectivity index (χ4n) is 3.85. The Morgan fingerprint density at radius 3 is 2.30 bits per heavy atom. The van der Waals surface area contributed by atoms with Crippen molar-refractivity contribution in [3.8, 4) is 0 Å². The zero-order valence-electron chi connectivity index (χ0n) is 16.9. The fourth-order valence-corrected chi connectivity index (χ4v) is 3.85. The van der Waals surface area contributed by atoms with Gasteiger partial charge in [-0.05, 0) is 35.0 Å². The molecule has 30 heavy (non-hydrogen) atoms. The Hall–Kier alpha value is -3.38. The summed E-state index contributed by atoms with van der Waals surface area (Å²) in [5, 5.41) is 2.07. The molecule has 4 rings (SSSR count). The number of carbonyl (C=O) groups excluding carboxylic acids is 2. The number of piperazine rings is 1. The molecule has 0 bridgehead atoms. The van der Waals surface area contributed by atoms with Gasteiger partial charge in [-0.1, -0.05) is 48.5 Å². The third-order valence-corrected chi connectivity index (χ3v) is 5.62. The van der Waals surface area contributed by atoms with Crippen molar-refractivity contribution in [2.24, 2.45) is 0 Å². The Labute approximate surface area is 176 Å². The Bertz CT molecular complexity index is 1010. The number of hydrogen-bond acceptors (Lipinski definition) is 3. The molecule has 154 valence electrons. The lowest BCUT2D eigenvalue weighted by Crippen LogP contribution is -3.15. The lowest BCUT2D eigenvalue weighted by Gasteiger charge is -2.33. The summed E-state index contributed by atoms with van der Waals surface area (Å²) < 4.78 is 0. The number of hydrazine groups is 1. The van der Waals surface area contributed by atoms with E-state index in [-0.39, 0.29) is 11.8 Å². The summed E-state index contributed by atoms with van der Waals surface area (Å²) in [5.41, 5.74) is 6.84. The van der Waals surface area contributed by atoms with Gasteiger partial charge in [0.05, 0.1) is 39.1 Å². The standard InChI is InChI=1S/C24H26N4O2/c29-23(12-13-27-14-16-28(17-15-27)22-8-2-1-3-9-22)25-26-24(30)21-11-10-19-6-4-5-7-20(19)18-21/h1-11,18H,12-17H2,(H,25,29)(H,26,30)/p+1. The number of rotatable bonds is 5. The van der Waals surface area contributed by atoms with Crippen LogP contribution in [0, 0.1) is 0 Å². The molecule has 1 fully saturated rings. The zero-order valence-corrected chi connectivity index (χ0v) is 16.9. The number of nitrogens with zero attached hydrogens (tertiary/aromatic N) is 1. The van der Waals surface area contributed by atoms with E-state index in [1.165, 1.54) is 10.6 Å². The molecule has 3 aromatic carbocycles. The first-order valence-electron chi connectivity index (χ1n) is 10.4. The average molecular weight is 404 g/mol. The van der Waals surface area contributed by atoms with E-state index < -0.39 is 0 Å². The smallest absolute Gasteiger partial charge is 0.269 e. The van der Waals surface area contributed by atoms with Crippen molar-refractivity contribution < 1.29 is 14.5 Å². The predicted octanol–water partition coefficient (Wildman–Crippen LogP) is 1.40. The van der Waals surface area contributed by atoms with Crippen LogP contribution < -0.4 is 20.7 Å². The van der Waals surface area contributed by atoms with Gasteiger partial charge in [0.25, 0.3) is 5.91 Å². The number of quaternary nitrogens is 1. The highest BCUT2D eigenvalue weighted by Crippen LogP contribution is 2.15. The van der Waals surface area contributed by atoms with E-state index in [2.05, 4.69) is 40.0 Å². The minimum absolute atomic E-state index is 0.165. The van der Waals surface area contributed by atoms with Crippen LogP contribution in [0.15, 0.2) is 72.8 Å². The van der Waals surface area contributed by atoms with Gasteiger partial charge in [0.1, 0.15) is 0 Å². The van der Waals surface area contributed by atoms with E-state index in [9.17, 15) is 9.59 Å². The van der Waals surface area contributed by atoms with Gasteiger partial charge in [0.15, 0.2) is 0 Å². The largest absolute Gasteiger partial charge is 0.360 e. The lowest BCUT2D eigenvalue weighted by atomic mass is 10.1. The Morgan fingerprint density at radius 1 is 0.833 bits per heavy atom. The van der Waals surface area contributed by atoms with Crippen LogP contribution in [0.1, 0.15) is 16.8 Å². The second kappa shape index (κ2) is 9.41. The molecule has 1 aliphatic heterocycles. The first kappa shape index (κ1) is 19.9. The zero-order chi connectivity index (χ0) is 20.8. The van der Waals surface area contributed by atoms with Gasteiger partial charge in [-0.25, -0.2) is 0 Å². The van der Waals surface area contributed by atoms with Gasteiger partial charge in [-0.2, -0.15) is 0 Å². The molecule has 0 radical (unpaired) electrons. The molecular weight excluding hydrogens is 376 g/mol. The third-order valence-electron chi connectivity index (χ3n) is 5.62. The third kappa shape index (κ3) is 4.96. The molecule has 6 nitrogen and oxygen atoms in total. The molecule has 3 aromatic rings. The van der Waals surface area contributed by atoms with Crippen LogP contribution in [0.5, 0.6) is 0 Å². The van der Waals surface area contributed by atoms with Gasteiger partial charge < -0.3 is 9.80 Å². The highest BCUT2D eigenvalue weighted by Gasteiger charge is 2.20. The molecule has 0 unspecified atom stereocenters. The molecule has 1 aliphatic rings. The first-order chi connectivity index (χ1) is 14.7. The summed E-state index contributed by atoms with van der Waals surface area (Å²) in [4.78, 5) is 28.3. The van der Waals surface area contributed by atoms with Gasteiger partial charge >= 0.3 is 0 Å². The van der Waals surface area contributed by atoms with Crippen molar-refractivity contribution in [2.45, 2.75) is 6.42 Å². The molecule has 0 saturated carbocycles. The van der Waals surface area contributed by atoms with Crippen LogP contribution in [0.4, 0.5) is 5.69 Å². The van der Waals surface area contributed by atoms with Gasteiger partial charge in [0, 0.05) is 11.3 Å². The maximum atomic E-state index is 12.3. The second-order valence-corrected chi connectivity index (χ2v) is 7.64. The fraction of sp³-hybridized carbons (Fsp3) is 0.250. The van der Waals surface area contributed by atoms with Gasteiger partial charge in [-0.15, -0.1) is 0 Å². The van der Waals surface area contributed by atoms with Crippen molar-refractivity contribution >= 4 is 28.3 Å². The Kier molecular flexibility index (Phi) is 6.25. The number of amides is 2. The second-order valence-electron chi connectivity index (χ2n) is 7.64. The monoisotopic (exact) mass is 403 g/mol. The molecule has 2 amide bonds. The van der Waals surface area contributed by atoms with E-state index in [0.29, 0.717) is 12.0 Å². The average Bonchev–Trinajstić information content (AvgIpc) is 2.81. The number of fused-ring (bicyclic) bond motifs is 1. The quantitative estimate of drug-likeness (QED) is 0.564. The van der Waals surface area contributed by atoms with Crippen LogP contribution in [-0.4, -0.2) is 44.5 Å². The van der Waals surface area contributed by atoms with E-state index in [1.54, 1.807) is 6.07 Å². The van der Waals surface area contributed by atoms with E-state index in [1.807, 2.05) is 42.5 Å².